The first-order valence-corrected chi connectivity index (χ1v) is 5.29. The molecule has 0 spiro atoms. The minimum atomic E-state index is -1.49. The van der Waals surface area contributed by atoms with Crippen LogP contribution < -0.4 is 0 Å². The lowest BCUT2D eigenvalue weighted by molar-refractivity contribution is -0.144. The minimum Gasteiger partial charge on any atom is -0.452 e. The van der Waals surface area contributed by atoms with Crippen molar-refractivity contribution in [3.8, 4) is 0 Å². The molecule has 0 aromatic rings. The van der Waals surface area contributed by atoms with Crippen LogP contribution in [0.5, 0.6) is 0 Å². The molecule has 2 fully saturated rings. The number of fused-ring (bicyclic) bond motifs is 1. The predicted molar refractivity (Wildman–Crippen MR) is 44.3 cm³/mol. The summed E-state index contributed by atoms with van der Waals surface area (Å²) >= 11 is 0. The highest BCUT2D eigenvalue weighted by molar-refractivity contribution is 8.03. The van der Waals surface area contributed by atoms with Gasteiger partial charge in [0.05, 0.1) is 5.25 Å². The zero-order chi connectivity index (χ0) is 9.42. The second-order valence-corrected chi connectivity index (χ2v) is 4.70. The Kier molecular flexibility index (Phi) is 2.01. The third-order valence-electron chi connectivity index (χ3n) is 2.38. The van der Waals surface area contributed by atoms with Crippen molar-refractivity contribution in [1.82, 2.24) is 0 Å². The molecule has 6 heteroatoms. The smallest absolute Gasteiger partial charge is 0.452 e. The fourth-order valence-electron chi connectivity index (χ4n) is 1.77. The first-order valence-electron chi connectivity index (χ1n) is 4.07. The topological polar surface area (TPSA) is 79.8 Å². The molecular weight excluding hydrogens is 192 g/mol. The molecule has 13 heavy (non-hydrogen) atoms. The molecule has 2 aliphatic rings. The maximum absolute atomic E-state index is 11.6. The quantitative estimate of drug-likeness (QED) is 0.309. The van der Waals surface area contributed by atoms with Crippen LogP contribution in [0.15, 0.2) is 0 Å². The summed E-state index contributed by atoms with van der Waals surface area (Å²) in [6, 6.07) is 0. The number of hydrogen-bond acceptors (Lipinski definition) is 3. The van der Waals surface area contributed by atoms with Gasteiger partial charge in [0.25, 0.3) is 0 Å². The molecule has 5 nitrogen and oxygen atoms in total. The highest BCUT2D eigenvalue weighted by Gasteiger charge is 2.49. The average Bonchev–Trinajstić information content (AvgIpc) is 2.53. The number of esters is 1. The van der Waals surface area contributed by atoms with Crippen molar-refractivity contribution < 1.29 is 18.5 Å². The molecule has 0 bridgehead atoms. The SMILES string of the molecule is [N-]=[N+]=C1C(=O)O[C@H]2CCC[C@@H]2[S@@]1=O. The third kappa shape index (κ3) is 1.22. The lowest BCUT2D eigenvalue weighted by atomic mass is 10.3. The second-order valence-electron chi connectivity index (χ2n) is 3.12. The molecule has 0 N–H and O–H groups in total. The van der Waals surface area contributed by atoms with E-state index in [2.05, 4.69) is 4.79 Å². The van der Waals surface area contributed by atoms with E-state index in [0.29, 0.717) is 0 Å². The van der Waals surface area contributed by atoms with E-state index in [-0.39, 0.29) is 16.4 Å². The molecule has 1 aliphatic carbocycles. The molecule has 0 radical (unpaired) electrons. The van der Waals surface area contributed by atoms with Crippen LogP contribution in [0.4, 0.5) is 0 Å². The second kappa shape index (κ2) is 3.05. The van der Waals surface area contributed by atoms with E-state index in [1.165, 1.54) is 0 Å². The Balaban J connectivity index is 2.35. The van der Waals surface area contributed by atoms with Crippen molar-refractivity contribution in [2.45, 2.75) is 30.6 Å². The molecule has 1 saturated carbocycles. The van der Waals surface area contributed by atoms with Gasteiger partial charge in [-0.3, -0.25) is 0 Å². The molecule has 70 valence electrons. The molecule has 0 amide bonds. The maximum Gasteiger partial charge on any atom is 0.463 e. The van der Waals surface area contributed by atoms with Gasteiger partial charge in [0, 0.05) is 0 Å². The van der Waals surface area contributed by atoms with Crippen molar-refractivity contribution in [1.29, 1.82) is 0 Å². The van der Waals surface area contributed by atoms with E-state index >= 15 is 0 Å². The van der Waals surface area contributed by atoms with Gasteiger partial charge in [-0.1, -0.05) is 0 Å². The molecule has 1 saturated heterocycles. The Morgan fingerprint density at radius 3 is 3.00 bits per heavy atom. The van der Waals surface area contributed by atoms with Crippen LogP contribution in [0.25, 0.3) is 5.53 Å². The van der Waals surface area contributed by atoms with E-state index in [0.717, 1.165) is 19.3 Å². The van der Waals surface area contributed by atoms with Crippen molar-refractivity contribution in [2.24, 2.45) is 0 Å². The van der Waals surface area contributed by atoms with Crippen LogP contribution >= 0.6 is 0 Å². The fraction of sp³-hybridized carbons (Fsp3) is 0.714. The monoisotopic (exact) mass is 200 g/mol. The van der Waals surface area contributed by atoms with Gasteiger partial charge in [-0.15, -0.1) is 4.79 Å². The van der Waals surface area contributed by atoms with Gasteiger partial charge in [0.2, 0.25) is 0 Å². The van der Waals surface area contributed by atoms with Gasteiger partial charge in [0.15, 0.2) is 0 Å². The van der Waals surface area contributed by atoms with Crippen molar-refractivity contribution in [2.75, 3.05) is 0 Å². The fourth-order valence-corrected chi connectivity index (χ4v) is 3.19. The van der Waals surface area contributed by atoms with Gasteiger partial charge < -0.3 is 10.3 Å². The van der Waals surface area contributed by atoms with Crippen LogP contribution in [0.3, 0.4) is 0 Å². The number of rotatable bonds is 0. The molecule has 0 unspecified atom stereocenters. The van der Waals surface area contributed by atoms with Crippen molar-refractivity contribution in [3.63, 3.8) is 0 Å². The van der Waals surface area contributed by atoms with Gasteiger partial charge in [0.1, 0.15) is 16.9 Å². The predicted octanol–water partition coefficient (Wildman–Crippen LogP) is -0.159. The Bertz CT molecular complexity index is 335. The lowest BCUT2D eigenvalue weighted by Crippen LogP contribution is -2.43. The number of carbonyl (C=O) groups is 1. The maximum atomic E-state index is 11.6. The lowest BCUT2D eigenvalue weighted by Gasteiger charge is -2.20. The largest absolute Gasteiger partial charge is 0.463 e. The van der Waals surface area contributed by atoms with Crippen LogP contribution in [0.2, 0.25) is 0 Å². The summed E-state index contributed by atoms with van der Waals surface area (Å²) < 4.78 is 16.5. The third-order valence-corrected chi connectivity index (χ3v) is 4.10. The summed E-state index contributed by atoms with van der Waals surface area (Å²) in [5.41, 5.74) is 8.45. The highest BCUT2D eigenvalue weighted by atomic mass is 32.2. The number of hydrogen-bond donors (Lipinski definition) is 0. The zero-order valence-electron chi connectivity index (χ0n) is 6.80. The molecular formula is C7H8N2O3S. The summed E-state index contributed by atoms with van der Waals surface area (Å²) in [5.74, 6) is -0.746. The number of carbonyl (C=O) groups excluding carboxylic acids is 1. The van der Waals surface area contributed by atoms with E-state index in [1.807, 2.05) is 0 Å². The van der Waals surface area contributed by atoms with Gasteiger partial charge in [-0.2, -0.15) is 0 Å². The van der Waals surface area contributed by atoms with E-state index in [4.69, 9.17) is 10.3 Å². The van der Waals surface area contributed by atoms with Crippen molar-refractivity contribution in [3.05, 3.63) is 5.53 Å². The Hall–Kier alpha value is -1.00. The van der Waals surface area contributed by atoms with Crippen molar-refractivity contribution >= 4 is 21.8 Å². The zero-order valence-corrected chi connectivity index (χ0v) is 7.62. The minimum absolute atomic E-state index is 0.163. The summed E-state index contributed by atoms with van der Waals surface area (Å²) in [6.07, 6.45) is 2.20. The van der Waals surface area contributed by atoms with E-state index in [1.54, 1.807) is 0 Å². The summed E-state index contributed by atoms with van der Waals surface area (Å²) in [7, 11) is -1.49. The standard InChI is InChI=1S/C7H8N2O3S/c8-9-6-7(10)12-4-2-1-3-5(4)13(6)11/h4-5H,1-3H2/t4-,5-,13-/m0/s1. The Morgan fingerprint density at radius 2 is 2.31 bits per heavy atom. The Morgan fingerprint density at radius 1 is 1.54 bits per heavy atom. The molecule has 0 aromatic carbocycles. The number of ether oxygens (including phenoxy) is 1. The van der Waals surface area contributed by atoms with Crippen LogP contribution in [0, 0.1) is 0 Å². The molecule has 0 aromatic heterocycles. The first kappa shape index (κ1) is 8.59. The van der Waals surface area contributed by atoms with Crippen LogP contribution in [-0.2, 0) is 20.3 Å². The molecule has 3 atom stereocenters. The van der Waals surface area contributed by atoms with E-state index in [9.17, 15) is 9.00 Å². The van der Waals surface area contributed by atoms with Crippen LogP contribution in [-0.4, -0.2) is 31.4 Å². The molecule has 1 heterocycles. The highest BCUT2D eigenvalue weighted by Crippen LogP contribution is 2.30. The normalized spacial score (nSPS) is 38.0. The molecule has 2 rings (SSSR count). The van der Waals surface area contributed by atoms with Gasteiger partial charge in [-0.25, -0.2) is 9.00 Å². The van der Waals surface area contributed by atoms with Gasteiger partial charge in [-0.05, 0) is 19.3 Å². The van der Waals surface area contributed by atoms with Crippen LogP contribution in [0.1, 0.15) is 19.3 Å². The number of nitrogens with zero attached hydrogens (tertiary/aromatic N) is 2. The summed E-state index contributed by atoms with van der Waals surface area (Å²) in [6.45, 7) is 0. The summed E-state index contributed by atoms with van der Waals surface area (Å²) in [4.78, 5) is 13.8. The average molecular weight is 200 g/mol. The summed E-state index contributed by atoms with van der Waals surface area (Å²) in [5, 5.41) is -0.508. The Labute approximate surface area is 77.1 Å². The van der Waals surface area contributed by atoms with Gasteiger partial charge >= 0.3 is 11.0 Å². The molecule has 1 aliphatic heterocycles. The van der Waals surface area contributed by atoms with E-state index < -0.39 is 16.8 Å². The first-order chi connectivity index (χ1) is 6.24.